The quantitative estimate of drug-likeness (QED) is 0.583. The fraction of sp³-hybridized carbons (Fsp3) is 0.444. The minimum Gasteiger partial charge on any atom is -0.475 e. The van der Waals surface area contributed by atoms with Gasteiger partial charge in [-0.2, -0.15) is 0 Å². The highest BCUT2D eigenvalue weighted by Crippen LogP contribution is 2.20. The summed E-state index contributed by atoms with van der Waals surface area (Å²) in [5, 5.41) is 9.19. The smallest absolute Gasteiger partial charge is 0.371 e. The Morgan fingerprint density at radius 2 is 2.43 bits per heavy atom. The number of hydrogen-bond donors (Lipinski definition) is 1. The molecule has 1 heterocycles. The molecule has 1 aromatic rings. The summed E-state index contributed by atoms with van der Waals surface area (Å²) in [6.45, 7) is 3.27. The number of furan rings is 1. The molecule has 0 amide bonds. The van der Waals surface area contributed by atoms with E-state index in [0.717, 1.165) is 5.75 Å². The summed E-state index contributed by atoms with van der Waals surface area (Å²) < 4.78 is 10.2. The Bertz CT molecular complexity index is 295. The summed E-state index contributed by atoms with van der Waals surface area (Å²) in [6, 6.07) is 3.10. The average Bonchev–Trinajstić information content (AvgIpc) is 2.61. The molecule has 0 saturated heterocycles. The molecular weight excluding hydrogens is 204 g/mol. The van der Waals surface area contributed by atoms with Crippen molar-refractivity contribution < 1.29 is 19.1 Å². The van der Waals surface area contributed by atoms with Crippen molar-refractivity contribution in [2.75, 3.05) is 19.0 Å². The second kappa shape index (κ2) is 5.72. The fourth-order valence-corrected chi connectivity index (χ4v) is 1.57. The van der Waals surface area contributed by atoms with E-state index in [1.807, 2.05) is 6.92 Å². The molecule has 0 aliphatic rings. The maximum absolute atomic E-state index is 10.5. The SMILES string of the molecule is CCOCCSc1ccc(C(=O)O)o1. The molecule has 0 aromatic carbocycles. The third-order valence-corrected chi connectivity index (χ3v) is 2.34. The van der Waals surface area contributed by atoms with Gasteiger partial charge in [-0.3, -0.25) is 0 Å². The van der Waals surface area contributed by atoms with Gasteiger partial charge in [-0.05, 0) is 19.1 Å². The molecule has 5 heteroatoms. The summed E-state index contributed by atoms with van der Waals surface area (Å²) in [5.41, 5.74) is 0. The van der Waals surface area contributed by atoms with E-state index < -0.39 is 5.97 Å². The second-order valence-electron chi connectivity index (χ2n) is 2.47. The molecule has 14 heavy (non-hydrogen) atoms. The van der Waals surface area contributed by atoms with Gasteiger partial charge in [0.25, 0.3) is 0 Å². The topological polar surface area (TPSA) is 59.7 Å². The summed E-state index contributed by atoms with van der Waals surface area (Å²) in [7, 11) is 0. The predicted molar refractivity (Wildman–Crippen MR) is 52.9 cm³/mol. The van der Waals surface area contributed by atoms with Crippen LogP contribution in [0.15, 0.2) is 21.6 Å². The Balaban J connectivity index is 2.33. The number of rotatable bonds is 6. The molecule has 0 saturated carbocycles. The number of thioether (sulfide) groups is 1. The Labute approximate surface area is 86.2 Å². The molecule has 0 atom stereocenters. The van der Waals surface area contributed by atoms with Crippen LogP contribution in [0.5, 0.6) is 0 Å². The van der Waals surface area contributed by atoms with Crippen LogP contribution in [0.3, 0.4) is 0 Å². The van der Waals surface area contributed by atoms with E-state index >= 15 is 0 Å². The molecule has 0 unspecified atom stereocenters. The molecule has 0 aliphatic heterocycles. The summed E-state index contributed by atoms with van der Waals surface area (Å²) in [5.74, 6) is -0.300. The van der Waals surface area contributed by atoms with E-state index in [2.05, 4.69) is 0 Å². The lowest BCUT2D eigenvalue weighted by Crippen LogP contribution is -1.95. The lowest BCUT2D eigenvalue weighted by molar-refractivity contribution is 0.0656. The molecule has 0 bridgehead atoms. The predicted octanol–water partition coefficient (Wildman–Crippen LogP) is 2.11. The van der Waals surface area contributed by atoms with E-state index in [1.54, 1.807) is 6.07 Å². The third kappa shape index (κ3) is 3.43. The van der Waals surface area contributed by atoms with Crippen molar-refractivity contribution in [3.63, 3.8) is 0 Å². The normalized spacial score (nSPS) is 10.4. The van der Waals surface area contributed by atoms with Gasteiger partial charge in [-0.25, -0.2) is 4.79 Å². The van der Waals surface area contributed by atoms with Gasteiger partial charge in [0.1, 0.15) is 0 Å². The van der Waals surface area contributed by atoms with Crippen LogP contribution < -0.4 is 0 Å². The monoisotopic (exact) mass is 216 g/mol. The maximum Gasteiger partial charge on any atom is 0.371 e. The van der Waals surface area contributed by atoms with Gasteiger partial charge >= 0.3 is 5.97 Å². The standard InChI is InChI=1S/C9H12O4S/c1-2-12-5-6-14-8-4-3-7(13-8)9(10)11/h3-4H,2,5-6H2,1H3,(H,10,11). The van der Waals surface area contributed by atoms with Crippen LogP contribution in [-0.2, 0) is 4.74 Å². The maximum atomic E-state index is 10.5. The zero-order valence-corrected chi connectivity index (χ0v) is 8.67. The van der Waals surface area contributed by atoms with Crippen LogP contribution in [0.4, 0.5) is 0 Å². The average molecular weight is 216 g/mol. The Kier molecular flexibility index (Phi) is 4.55. The largest absolute Gasteiger partial charge is 0.475 e. The van der Waals surface area contributed by atoms with Crippen LogP contribution in [0, 0.1) is 0 Å². The first-order chi connectivity index (χ1) is 6.74. The van der Waals surface area contributed by atoms with Gasteiger partial charge in [-0.15, -0.1) is 0 Å². The summed E-state index contributed by atoms with van der Waals surface area (Å²) in [6.07, 6.45) is 0. The number of aromatic carboxylic acids is 1. The van der Waals surface area contributed by atoms with E-state index in [1.165, 1.54) is 17.8 Å². The minimum atomic E-state index is -1.04. The van der Waals surface area contributed by atoms with Gasteiger partial charge in [0, 0.05) is 12.4 Å². The lowest BCUT2D eigenvalue weighted by atomic mass is 10.5. The van der Waals surface area contributed by atoms with Crippen LogP contribution in [0.2, 0.25) is 0 Å². The van der Waals surface area contributed by atoms with Crippen LogP contribution in [-0.4, -0.2) is 30.0 Å². The number of carbonyl (C=O) groups is 1. The molecule has 0 fully saturated rings. The minimum absolute atomic E-state index is 0.0242. The highest BCUT2D eigenvalue weighted by Gasteiger charge is 2.08. The number of carboxylic acid groups (broad SMARTS) is 1. The van der Waals surface area contributed by atoms with Gasteiger partial charge in [0.2, 0.25) is 5.76 Å². The molecule has 0 aliphatic carbocycles. The Hall–Kier alpha value is -0.940. The van der Waals surface area contributed by atoms with Gasteiger partial charge < -0.3 is 14.3 Å². The van der Waals surface area contributed by atoms with Crippen molar-refractivity contribution in [3.8, 4) is 0 Å². The first-order valence-corrected chi connectivity index (χ1v) is 5.26. The van der Waals surface area contributed by atoms with Gasteiger partial charge in [0.15, 0.2) is 5.09 Å². The van der Waals surface area contributed by atoms with Crippen LogP contribution in [0.1, 0.15) is 17.5 Å². The Morgan fingerprint density at radius 1 is 1.64 bits per heavy atom. The van der Waals surface area contributed by atoms with Gasteiger partial charge in [0.05, 0.1) is 6.61 Å². The zero-order valence-electron chi connectivity index (χ0n) is 7.86. The molecule has 0 spiro atoms. The zero-order chi connectivity index (χ0) is 10.4. The first kappa shape index (κ1) is 11.1. The van der Waals surface area contributed by atoms with Crippen LogP contribution in [0.25, 0.3) is 0 Å². The number of hydrogen-bond acceptors (Lipinski definition) is 4. The second-order valence-corrected chi connectivity index (χ2v) is 3.57. The molecule has 1 aromatic heterocycles. The Morgan fingerprint density at radius 3 is 3.00 bits per heavy atom. The molecular formula is C9H12O4S. The third-order valence-electron chi connectivity index (χ3n) is 1.47. The van der Waals surface area contributed by atoms with E-state index in [-0.39, 0.29) is 5.76 Å². The molecule has 1 N–H and O–H groups in total. The molecule has 1 rings (SSSR count). The van der Waals surface area contributed by atoms with Crippen molar-refractivity contribution in [2.45, 2.75) is 12.0 Å². The highest BCUT2D eigenvalue weighted by atomic mass is 32.2. The molecule has 78 valence electrons. The van der Waals surface area contributed by atoms with Crippen molar-refractivity contribution in [2.24, 2.45) is 0 Å². The fourth-order valence-electron chi connectivity index (χ4n) is 0.858. The van der Waals surface area contributed by atoms with Crippen molar-refractivity contribution in [1.29, 1.82) is 0 Å². The molecule has 0 radical (unpaired) electrons. The first-order valence-electron chi connectivity index (χ1n) is 4.27. The van der Waals surface area contributed by atoms with E-state index in [0.29, 0.717) is 18.3 Å². The number of carboxylic acids is 1. The highest BCUT2D eigenvalue weighted by molar-refractivity contribution is 7.99. The van der Waals surface area contributed by atoms with Crippen molar-refractivity contribution >= 4 is 17.7 Å². The van der Waals surface area contributed by atoms with Crippen molar-refractivity contribution in [1.82, 2.24) is 0 Å². The summed E-state index contributed by atoms with van der Waals surface area (Å²) >= 11 is 1.44. The van der Waals surface area contributed by atoms with E-state index in [4.69, 9.17) is 14.3 Å². The molecule has 4 nitrogen and oxygen atoms in total. The van der Waals surface area contributed by atoms with E-state index in [9.17, 15) is 4.79 Å². The van der Waals surface area contributed by atoms with Crippen molar-refractivity contribution in [3.05, 3.63) is 17.9 Å². The van der Waals surface area contributed by atoms with Crippen LogP contribution >= 0.6 is 11.8 Å². The summed E-state index contributed by atoms with van der Waals surface area (Å²) in [4.78, 5) is 10.5. The van der Waals surface area contributed by atoms with Gasteiger partial charge in [-0.1, -0.05) is 11.8 Å². The lowest BCUT2D eigenvalue weighted by Gasteiger charge is -1.98. The number of ether oxygens (including phenoxy) is 1.